The van der Waals surface area contributed by atoms with Gasteiger partial charge in [-0.15, -0.1) is 0 Å². The van der Waals surface area contributed by atoms with E-state index in [0.29, 0.717) is 11.5 Å². The molecule has 1 atom stereocenters. The first-order valence-electron chi connectivity index (χ1n) is 6.05. The van der Waals surface area contributed by atoms with Crippen LogP contribution in [0.4, 0.5) is 0 Å². The van der Waals surface area contributed by atoms with Crippen molar-refractivity contribution in [2.24, 2.45) is 5.41 Å². The third-order valence-electron chi connectivity index (χ3n) is 3.54. The van der Waals surface area contributed by atoms with Crippen LogP contribution < -0.4 is 5.32 Å². The highest BCUT2D eigenvalue weighted by atomic mass is 15.2. The maximum atomic E-state index is 3.69. The van der Waals surface area contributed by atoms with Crippen molar-refractivity contribution in [1.29, 1.82) is 0 Å². The molecule has 0 radical (unpaired) electrons. The quantitative estimate of drug-likeness (QED) is 0.688. The molecule has 2 rings (SSSR count). The molecule has 2 nitrogen and oxygen atoms in total. The minimum atomic E-state index is 0.400. The normalized spacial score (nSPS) is 31.5. The average molecular weight is 196 g/mol. The van der Waals surface area contributed by atoms with Gasteiger partial charge in [0.1, 0.15) is 0 Å². The van der Waals surface area contributed by atoms with Gasteiger partial charge in [0, 0.05) is 18.6 Å². The summed E-state index contributed by atoms with van der Waals surface area (Å²) in [5.41, 5.74) is 0.400. The minimum Gasteiger partial charge on any atom is -0.312 e. The molecule has 2 heteroatoms. The van der Waals surface area contributed by atoms with E-state index in [1.165, 1.54) is 38.9 Å². The first-order chi connectivity index (χ1) is 6.57. The Balaban J connectivity index is 1.96. The molecule has 1 saturated heterocycles. The van der Waals surface area contributed by atoms with Crippen LogP contribution in [0.5, 0.6) is 0 Å². The van der Waals surface area contributed by atoms with Gasteiger partial charge in [0.15, 0.2) is 0 Å². The van der Waals surface area contributed by atoms with Crippen LogP contribution >= 0.6 is 0 Å². The summed E-state index contributed by atoms with van der Waals surface area (Å²) in [6.07, 6.45) is 4.21. The predicted octanol–water partition coefficient (Wildman–Crippen LogP) is 1.86. The zero-order valence-corrected chi connectivity index (χ0v) is 9.84. The van der Waals surface area contributed by atoms with Crippen LogP contribution in [0, 0.1) is 5.41 Å². The Kier molecular flexibility index (Phi) is 2.85. The lowest BCUT2D eigenvalue weighted by atomic mass is 9.86. The zero-order valence-electron chi connectivity index (χ0n) is 9.84. The van der Waals surface area contributed by atoms with Gasteiger partial charge in [-0.3, -0.25) is 4.90 Å². The third kappa shape index (κ3) is 2.48. The fraction of sp³-hybridized carbons (Fsp3) is 1.00. The van der Waals surface area contributed by atoms with Crippen molar-refractivity contribution in [3.05, 3.63) is 0 Å². The number of nitrogens with zero attached hydrogens (tertiary/aromatic N) is 1. The molecule has 0 spiro atoms. The summed E-state index contributed by atoms with van der Waals surface area (Å²) in [6, 6.07) is 1.60. The largest absolute Gasteiger partial charge is 0.312 e. The zero-order chi connectivity index (χ0) is 10.2. The van der Waals surface area contributed by atoms with E-state index in [1.807, 2.05) is 0 Å². The Morgan fingerprint density at radius 3 is 2.50 bits per heavy atom. The van der Waals surface area contributed by atoms with Gasteiger partial charge < -0.3 is 5.32 Å². The smallest absolute Gasteiger partial charge is 0.0243 e. The van der Waals surface area contributed by atoms with Crippen molar-refractivity contribution in [2.45, 2.75) is 52.1 Å². The molecule has 1 unspecified atom stereocenters. The fourth-order valence-corrected chi connectivity index (χ4v) is 2.30. The molecule has 0 aromatic carbocycles. The molecular weight excluding hydrogens is 172 g/mol. The maximum absolute atomic E-state index is 3.69. The molecule has 1 saturated carbocycles. The van der Waals surface area contributed by atoms with Gasteiger partial charge in [-0.05, 0) is 37.8 Å². The standard InChI is InChI=1S/C12H24N2/c1-12(2,3)11-9-14(10-5-6-10)8-4-7-13-11/h10-11,13H,4-9H2,1-3H3. The molecule has 0 bridgehead atoms. The molecule has 0 amide bonds. The summed E-state index contributed by atoms with van der Waals surface area (Å²) in [5.74, 6) is 0. The SMILES string of the molecule is CC(C)(C)C1CN(C2CC2)CCCN1. The molecule has 1 N–H and O–H groups in total. The van der Waals surface area contributed by atoms with E-state index < -0.39 is 0 Å². The lowest BCUT2D eigenvalue weighted by Gasteiger charge is -2.33. The molecule has 14 heavy (non-hydrogen) atoms. The third-order valence-corrected chi connectivity index (χ3v) is 3.54. The maximum Gasteiger partial charge on any atom is 0.0243 e. The molecule has 82 valence electrons. The number of hydrogen-bond donors (Lipinski definition) is 1. The van der Waals surface area contributed by atoms with Gasteiger partial charge >= 0.3 is 0 Å². The van der Waals surface area contributed by atoms with E-state index in [1.54, 1.807) is 0 Å². The molecule has 0 aromatic rings. The van der Waals surface area contributed by atoms with E-state index in [9.17, 15) is 0 Å². The molecule has 2 fully saturated rings. The van der Waals surface area contributed by atoms with Gasteiger partial charge in [-0.2, -0.15) is 0 Å². The molecule has 1 aliphatic heterocycles. The highest BCUT2D eigenvalue weighted by Gasteiger charge is 2.34. The van der Waals surface area contributed by atoms with Gasteiger partial charge in [0.2, 0.25) is 0 Å². The summed E-state index contributed by atoms with van der Waals surface area (Å²) in [4.78, 5) is 2.70. The van der Waals surface area contributed by atoms with Crippen molar-refractivity contribution in [2.75, 3.05) is 19.6 Å². The van der Waals surface area contributed by atoms with E-state index in [-0.39, 0.29) is 0 Å². The second kappa shape index (κ2) is 3.82. The van der Waals surface area contributed by atoms with E-state index in [2.05, 4.69) is 31.0 Å². The van der Waals surface area contributed by atoms with Gasteiger partial charge in [-0.25, -0.2) is 0 Å². The molecule has 0 aromatic heterocycles. The van der Waals surface area contributed by atoms with Crippen molar-refractivity contribution in [3.8, 4) is 0 Å². The summed E-state index contributed by atoms with van der Waals surface area (Å²) >= 11 is 0. The monoisotopic (exact) mass is 196 g/mol. The van der Waals surface area contributed by atoms with E-state index in [4.69, 9.17) is 0 Å². The molecule has 2 aliphatic rings. The highest BCUT2D eigenvalue weighted by molar-refractivity contribution is 4.92. The molecular formula is C12H24N2. The highest BCUT2D eigenvalue weighted by Crippen LogP contribution is 2.30. The van der Waals surface area contributed by atoms with Crippen LogP contribution in [0.3, 0.4) is 0 Å². The Labute approximate surface area is 88.1 Å². The summed E-state index contributed by atoms with van der Waals surface area (Å²) in [7, 11) is 0. The van der Waals surface area contributed by atoms with Crippen molar-refractivity contribution in [1.82, 2.24) is 10.2 Å². The topological polar surface area (TPSA) is 15.3 Å². The number of rotatable bonds is 1. The molecule has 1 aliphatic carbocycles. The predicted molar refractivity (Wildman–Crippen MR) is 60.5 cm³/mol. The second-order valence-electron chi connectivity index (χ2n) is 5.95. The Morgan fingerprint density at radius 1 is 1.21 bits per heavy atom. The summed E-state index contributed by atoms with van der Waals surface area (Å²) in [5, 5.41) is 3.69. The molecule has 1 heterocycles. The Bertz CT molecular complexity index is 191. The Hall–Kier alpha value is -0.0800. The van der Waals surface area contributed by atoms with E-state index in [0.717, 1.165) is 6.04 Å². The Morgan fingerprint density at radius 2 is 1.93 bits per heavy atom. The lowest BCUT2D eigenvalue weighted by Crippen LogP contribution is -2.46. The van der Waals surface area contributed by atoms with Crippen LogP contribution in [0.25, 0.3) is 0 Å². The van der Waals surface area contributed by atoms with Crippen molar-refractivity contribution < 1.29 is 0 Å². The van der Waals surface area contributed by atoms with Crippen LogP contribution in [0.2, 0.25) is 0 Å². The van der Waals surface area contributed by atoms with E-state index >= 15 is 0 Å². The van der Waals surface area contributed by atoms with Crippen molar-refractivity contribution in [3.63, 3.8) is 0 Å². The van der Waals surface area contributed by atoms with Crippen LogP contribution in [0.15, 0.2) is 0 Å². The van der Waals surface area contributed by atoms with Crippen molar-refractivity contribution >= 4 is 0 Å². The van der Waals surface area contributed by atoms with Crippen LogP contribution in [-0.2, 0) is 0 Å². The lowest BCUT2D eigenvalue weighted by molar-refractivity contribution is 0.191. The van der Waals surface area contributed by atoms with Gasteiger partial charge in [0.25, 0.3) is 0 Å². The fourth-order valence-electron chi connectivity index (χ4n) is 2.30. The first-order valence-corrected chi connectivity index (χ1v) is 6.05. The summed E-state index contributed by atoms with van der Waals surface area (Å²) in [6.45, 7) is 10.8. The van der Waals surface area contributed by atoms with Crippen LogP contribution in [0.1, 0.15) is 40.0 Å². The first kappa shape index (κ1) is 10.4. The van der Waals surface area contributed by atoms with Crippen LogP contribution in [-0.4, -0.2) is 36.6 Å². The average Bonchev–Trinajstić information content (AvgIpc) is 2.89. The summed E-state index contributed by atoms with van der Waals surface area (Å²) < 4.78 is 0. The van der Waals surface area contributed by atoms with Gasteiger partial charge in [-0.1, -0.05) is 20.8 Å². The van der Waals surface area contributed by atoms with Gasteiger partial charge in [0.05, 0.1) is 0 Å². The minimum absolute atomic E-state index is 0.400. The number of hydrogen-bond acceptors (Lipinski definition) is 2. The number of nitrogens with one attached hydrogen (secondary N) is 1. The second-order valence-corrected chi connectivity index (χ2v) is 5.95.